The molecule has 0 aliphatic carbocycles. The highest BCUT2D eigenvalue weighted by Gasteiger charge is 2.07. The zero-order valence-corrected chi connectivity index (χ0v) is 13.5. The van der Waals surface area contributed by atoms with Crippen molar-refractivity contribution in [2.24, 2.45) is 5.73 Å². The van der Waals surface area contributed by atoms with Crippen molar-refractivity contribution in [1.82, 2.24) is 5.32 Å². The summed E-state index contributed by atoms with van der Waals surface area (Å²) in [5.41, 5.74) is 6.53. The number of rotatable bonds is 7. The van der Waals surface area contributed by atoms with E-state index in [4.69, 9.17) is 5.73 Å². The van der Waals surface area contributed by atoms with Crippen LogP contribution in [0.1, 0.15) is 15.9 Å². The lowest BCUT2D eigenvalue weighted by molar-refractivity contribution is -0.118. The maximum absolute atomic E-state index is 13.1. The monoisotopic (exact) mass is 350 g/mol. The van der Waals surface area contributed by atoms with Crippen molar-refractivity contribution in [2.45, 2.75) is 11.3 Å². The van der Waals surface area contributed by atoms with Crippen molar-refractivity contribution in [3.8, 4) is 0 Å². The normalized spacial score (nSPS) is 10.4. The Morgan fingerprint density at radius 2 is 1.88 bits per heavy atom. The highest BCUT2D eigenvalue weighted by molar-refractivity contribution is 8.00. The van der Waals surface area contributed by atoms with Crippen molar-refractivity contribution in [3.05, 3.63) is 65.2 Å². The van der Waals surface area contributed by atoms with Crippen LogP contribution in [-0.4, -0.2) is 24.1 Å². The fraction of sp³-hybridized carbons (Fsp3) is 0.176. The molecule has 0 saturated carbocycles. The summed E-state index contributed by atoms with van der Waals surface area (Å²) in [6.07, 6.45) is 0.558. The highest BCUT2D eigenvalue weighted by atomic mass is 32.2. The molecular formula is C17H16F2N2O2S. The first-order valence-corrected chi connectivity index (χ1v) is 8.17. The van der Waals surface area contributed by atoms with E-state index in [2.05, 4.69) is 5.32 Å². The molecule has 7 heteroatoms. The van der Waals surface area contributed by atoms with Crippen LogP contribution in [-0.2, 0) is 11.2 Å². The molecule has 0 aliphatic heterocycles. The third-order valence-corrected chi connectivity index (χ3v) is 4.20. The van der Waals surface area contributed by atoms with E-state index < -0.39 is 17.5 Å². The van der Waals surface area contributed by atoms with Crippen LogP contribution in [0.2, 0.25) is 0 Å². The SMILES string of the molecule is NC(=O)c1cccc(CCNC(=O)CSc2ccc(F)c(F)c2)c1. The lowest BCUT2D eigenvalue weighted by atomic mass is 10.1. The summed E-state index contributed by atoms with van der Waals surface area (Å²) in [6, 6.07) is 10.4. The fourth-order valence-corrected chi connectivity index (χ4v) is 2.74. The summed E-state index contributed by atoms with van der Waals surface area (Å²) in [5.74, 6) is -2.46. The van der Waals surface area contributed by atoms with Gasteiger partial charge in [-0.25, -0.2) is 8.78 Å². The van der Waals surface area contributed by atoms with Gasteiger partial charge >= 0.3 is 0 Å². The molecule has 2 rings (SSSR count). The van der Waals surface area contributed by atoms with Crippen LogP contribution in [0.4, 0.5) is 8.78 Å². The third-order valence-electron chi connectivity index (χ3n) is 3.21. The van der Waals surface area contributed by atoms with Crippen LogP contribution >= 0.6 is 11.8 Å². The lowest BCUT2D eigenvalue weighted by Crippen LogP contribution is -2.27. The molecule has 0 saturated heterocycles. The second-order valence-electron chi connectivity index (χ2n) is 5.03. The van der Waals surface area contributed by atoms with Gasteiger partial charge < -0.3 is 11.1 Å². The minimum Gasteiger partial charge on any atom is -0.366 e. The van der Waals surface area contributed by atoms with Crippen LogP contribution in [0.15, 0.2) is 47.4 Å². The van der Waals surface area contributed by atoms with E-state index in [9.17, 15) is 18.4 Å². The Kier molecular flexibility index (Phi) is 6.31. The van der Waals surface area contributed by atoms with E-state index in [1.165, 1.54) is 6.07 Å². The topological polar surface area (TPSA) is 72.2 Å². The van der Waals surface area contributed by atoms with Gasteiger partial charge in [-0.15, -0.1) is 11.8 Å². The zero-order valence-electron chi connectivity index (χ0n) is 12.7. The molecule has 0 aliphatic rings. The van der Waals surface area contributed by atoms with E-state index in [1.807, 2.05) is 6.07 Å². The number of benzene rings is 2. The van der Waals surface area contributed by atoms with Crippen LogP contribution in [0.25, 0.3) is 0 Å². The van der Waals surface area contributed by atoms with Gasteiger partial charge in [0.15, 0.2) is 11.6 Å². The molecule has 2 amide bonds. The van der Waals surface area contributed by atoms with Gasteiger partial charge in [-0.1, -0.05) is 12.1 Å². The smallest absolute Gasteiger partial charge is 0.248 e. The molecule has 2 aromatic carbocycles. The van der Waals surface area contributed by atoms with Gasteiger partial charge in [0.2, 0.25) is 11.8 Å². The maximum atomic E-state index is 13.1. The number of amides is 2. The van der Waals surface area contributed by atoms with Crippen LogP contribution in [0.3, 0.4) is 0 Å². The fourth-order valence-electron chi connectivity index (χ4n) is 1.99. The quantitative estimate of drug-likeness (QED) is 0.754. The Morgan fingerprint density at radius 1 is 1.08 bits per heavy atom. The predicted octanol–water partition coefficient (Wildman–Crippen LogP) is 2.51. The second-order valence-corrected chi connectivity index (χ2v) is 6.08. The highest BCUT2D eigenvalue weighted by Crippen LogP contribution is 2.20. The molecule has 0 aromatic heterocycles. The number of halogens is 2. The van der Waals surface area contributed by atoms with Gasteiger partial charge in [-0.05, 0) is 42.3 Å². The van der Waals surface area contributed by atoms with E-state index in [1.54, 1.807) is 18.2 Å². The second kappa shape index (κ2) is 8.44. The van der Waals surface area contributed by atoms with Crippen molar-refractivity contribution in [1.29, 1.82) is 0 Å². The van der Waals surface area contributed by atoms with Gasteiger partial charge in [0, 0.05) is 17.0 Å². The Morgan fingerprint density at radius 3 is 2.58 bits per heavy atom. The Labute approximate surface area is 142 Å². The average Bonchev–Trinajstić information content (AvgIpc) is 2.56. The van der Waals surface area contributed by atoms with Crippen molar-refractivity contribution in [3.63, 3.8) is 0 Å². The summed E-state index contributed by atoms with van der Waals surface area (Å²) < 4.78 is 25.9. The molecule has 0 heterocycles. The average molecular weight is 350 g/mol. The third kappa shape index (κ3) is 5.34. The van der Waals surface area contributed by atoms with E-state index in [0.717, 1.165) is 29.5 Å². The number of hydrogen-bond donors (Lipinski definition) is 2. The standard InChI is InChI=1S/C17H16F2N2O2S/c18-14-5-4-13(9-15(14)19)24-10-16(22)21-7-6-11-2-1-3-12(8-11)17(20)23/h1-5,8-9H,6-7,10H2,(H2,20,23)(H,21,22). The van der Waals surface area contributed by atoms with Gasteiger partial charge in [-0.3, -0.25) is 9.59 Å². The van der Waals surface area contributed by atoms with E-state index in [-0.39, 0.29) is 11.7 Å². The van der Waals surface area contributed by atoms with E-state index in [0.29, 0.717) is 23.4 Å². The first-order chi connectivity index (χ1) is 11.5. The molecule has 0 bridgehead atoms. The Hall–Kier alpha value is -2.41. The molecule has 126 valence electrons. The van der Waals surface area contributed by atoms with Gasteiger partial charge in [-0.2, -0.15) is 0 Å². The molecule has 2 aromatic rings. The number of nitrogens with two attached hydrogens (primary N) is 1. The molecule has 4 nitrogen and oxygen atoms in total. The van der Waals surface area contributed by atoms with E-state index >= 15 is 0 Å². The number of primary amides is 1. The minimum absolute atomic E-state index is 0.104. The van der Waals surface area contributed by atoms with Gasteiger partial charge in [0.25, 0.3) is 0 Å². The number of carbonyl (C=O) groups excluding carboxylic acids is 2. The number of carbonyl (C=O) groups is 2. The summed E-state index contributed by atoms with van der Waals surface area (Å²) in [7, 11) is 0. The zero-order chi connectivity index (χ0) is 17.5. The van der Waals surface area contributed by atoms with Crippen LogP contribution in [0, 0.1) is 11.6 Å². The van der Waals surface area contributed by atoms with Gasteiger partial charge in [0.05, 0.1) is 5.75 Å². The molecular weight excluding hydrogens is 334 g/mol. The van der Waals surface area contributed by atoms with Crippen LogP contribution in [0.5, 0.6) is 0 Å². The predicted molar refractivity (Wildman–Crippen MR) is 88.8 cm³/mol. The summed E-state index contributed by atoms with van der Waals surface area (Å²) in [5, 5.41) is 2.73. The number of thioether (sulfide) groups is 1. The lowest BCUT2D eigenvalue weighted by Gasteiger charge is -2.06. The molecule has 3 N–H and O–H groups in total. The molecule has 0 radical (unpaired) electrons. The summed E-state index contributed by atoms with van der Waals surface area (Å²) >= 11 is 1.12. The first-order valence-electron chi connectivity index (χ1n) is 7.19. The molecule has 0 atom stereocenters. The Balaban J connectivity index is 1.76. The molecule has 24 heavy (non-hydrogen) atoms. The molecule has 0 spiro atoms. The number of hydrogen-bond acceptors (Lipinski definition) is 3. The molecule has 0 fully saturated rings. The van der Waals surface area contributed by atoms with Gasteiger partial charge in [0.1, 0.15) is 0 Å². The summed E-state index contributed by atoms with van der Waals surface area (Å²) in [4.78, 5) is 23.3. The first kappa shape index (κ1) is 17.9. The van der Waals surface area contributed by atoms with Crippen LogP contribution < -0.4 is 11.1 Å². The maximum Gasteiger partial charge on any atom is 0.248 e. The molecule has 0 unspecified atom stereocenters. The Bertz CT molecular complexity index is 753. The summed E-state index contributed by atoms with van der Waals surface area (Å²) in [6.45, 7) is 0.402. The van der Waals surface area contributed by atoms with Crippen molar-refractivity contribution < 1.29 is 18.4 Å². The number of nitrogens with one attached hydrogen (secondary N) is 1. The largest absolute Gasteiger partial charge is 0.366 e. The minimum atomic E-state index is -0.935. The van der Waals surface area contributed by atoms with Crippen molar-refractivity contribution in [2.75, 3.05) is 12.3 Å². The van der Waals surface area contributed by atoms with Crippen molar-refractivity contribution >= 4 is 23.6 Å².